The number of carbonyl (C=O) groups excluding carboxylic acids is 1. The van der Waals surface area contributed by atoms with Crippen LogP contribution in [0.1, 0.15) is 48.1 Å². The minimum Gasteiger partial charge on any atom is -0.350 e. The summed E-state index contributed by atoms with van der Waals surface area (Å²) in [5, 5.41) is 5.56. The van der Waals surface area contributed by atoms with Crippen LogP contribution >= 0.6 is 23.7 Å². The van der Waals surface area contributed by atoms with E-state index in [0.717, 1.165) is 11.6 Å². The van der Waals surface area contributed by atoms with E-state index in [0.29, 0.717) is 12.2 Å². The second kappa shape index (κ2) is 6.50. The maximum absolute atomic E-state index is 11.9. The van der Waals surface area contributed by atoms with Crippen LogP contribution in [0.3, 0.4) is 0 Å². The molecule has 0 unspecified atom stereocenters. The highest BCUT2D eigenvalue weighted by molar-refractivity contribution is 7.09. The lowest BCUT2D eigenvalue weighted by molar-refractivity contribution is 0.0930. The van der Waals surface area contributed by atoms with Crippen LogP contribution in [0.5, 0.6) is 0 Å². The first kappa shape index (κ1) is 15.4. The molecule has 1 aromatic rings. The van der Waals surface area contributed by atoms with Crippen molar-refractivity contribution in [2.75, 3.05) is 6.54 Å². The average molecular weight is 290 g/mol. The quantitative estimate of drug-likeness (QED) is 0.894. The highest BCUT2D eigenvalue weighted by Crippen LogP contribution is 2.36. The van der Waals surface area contributed by atoms with Crippen molar-refractivity contribution in [2.45, 2.75) is 39.2 Å². The summed E-state index contributed by atoms with van der Waals surface area (Å²) in [5.74, 6) is -0.0749. The molecular weight excluding hydrogens is 270 g/mol. The molecule has 102 valence electrons. The highest BCUT2D eigenvalue weighted by atomic mass is 35.5. The van der Waals surface area contributed by atoms with Gasteiger partial charge in [0.05, 0.1) is 0 Å². The third-order valence-corrected chi connectivity index (χ3v) is 4.32. The molecule has 0 radical (unpaired) electrons. The van der Waals surface area contributed by atoms with Crippen molar-refractivity contribution < 1.29 is 4.79 Å². The summed E-state index contributed by atoms with van der Waals surface area (Å²) in [5.41, 5.74) is 6.25. The van der Waals surface area contributed by atoms with Gasteiger partial charge in [0, 0.05) is 18.5 Å². The number of hydrogen-bond donors (Lipinski definition) is 2. The molecule has 1 aromatic heterocycles. The number of amides is 1. The number of carbonyl (C=O) groups is 1. The van der Waals surface area contributed by atoms with Gasteiger partial charge in [0.25, 0.3) is 5.91 Å². The van der Waals surface area contributed by atoms with Crippen molar-refractivity contribution in [1.82, 2.24) is 10.3 Å². The van der Waals surface area contributed by atoms with Gasteiger partial charge < -0.3 is 11.1 Å². The first-order chi connectivity index (χ1) is 8.13. The molecule has 18 heavy (non-hydrogen) atoms. The molecular formula is C12H20ClN3OS. The number of nitrogens with two attached hydrogens (primary N) is 1. The fraction of sp³-hybridized carbons (Fsp3) is 0.667. The summed E-state index contributed by atoms with van der Waals surface area (Å²) in [6, 6.07) is 0. The van der Waals surface area contributed by atoms with Crippen LogP contribution in [0.4, 0.5) is 0 Å². The van der Waals surface area contributed by atoms with Crippen molar-refractivity contribution in [1.29, 1.82) is 0 Å². The molecule has 1 saturated carbocycles. The lowest BCUT2D eigenvalue weighted by atomic mass is 9.89. The SMILES string of the molecule is CC1(CNC(=O)c2csc(CN)n2)CCCC1.Cl. The van der Waals surface area contributed by atoms with E-state index in [2.05, 4.69) is 17.2 Å². The second-order valence-electron chi connectivity index (χ2n) is 5.03. The van der Waals surface area contributed by atoms with Crippen molar-refractivity contribution in [3.05, 3.63) is 16.1 Å². The Morgan fingerprint density at radius 2 is 2.22 bits per heavy atom. The topological polar surface area (TPSA) is 68.0 Å². The molecule has 4 nitrogen and oxygen atoms in total. The molecule has 1 fully saturated rings. The fourth-order valence-electron chi connectivity index (χ4n) is 2.30. The van der Waals surface area contributed by atoms with Crippen molar-refractivity contribution in [3.8, 4) is 0 Å². The van der Waals surface area contributed by atoms with E-state index in [4.69, 9.17) is 5.73 Å². The van der Waals surface area contributed by atoms with E-state index in [-0.39, 0.29) is 23.7 Å². The van der Waals surface area contributed by atoms with Crippen LogP contribution < -0.4 is 11.1 Å². The third kappa shape index (κ3) is 3.67. The minimum atomic E-state index is -0.0749. The Morgan fingerprint density at radius 1 is 1.56 bits per heavy atom. The number of nitrogens with one attached hydrogen (secondary N) is 1. The van der Waals surface area contributed by atoms with Crippen LogP contribution in [0.2, 0.25) is 0 Å². The van der Waals surface area contributed by atoms with Crippen LogP contribution in [-0.2, 0) is 6.54 Å². The number of nitrogens with zero attached hydrogens (tertiary/aromatic N) is 1. The Labute approximate surface area is 118 Å². The monoisotopic (exact) mass is 289 g/mol. The molecule has 1 aliphatic carbocycles. The van der Waals surface area contributed by atoms with E-state index in [9.17, 15) is 4.79 Å². The molecule has 6 heteroatoms. The fourth-order valence-corrected chi connectivity index (χ4v) is 2.95. The van der Waals surface area contributed by atoms with Crippen molar-refractivity contribution >= 4 is 29.7 Å². The Balaban J connectivity index is 0.00000162. The number of halogens is 1. The molecule has 0 atom stereocenters. The third-order valence-electron chi connectivity index (χ3n) is 3.45. The standard InChI is InChI=1S/C12H19N3OS.ClH/c1-12(4-2-3-5-12)8-14-11(16)9-7-17-10(6-13)15-9;/h7H,2-6,8,13H2,1H3,(H,14,16);1H. The Bertz CT molecular complexity index is 402. The molecule has 0 spiro atoms. The van der Waals surface area contributed by atoms with Crippen molar-refractivity contribution in [2.24, 2.45) is 11.1 Å². The van der Waals surface area contributed by atoms with E-state index in [1.54, 1.807) is 5.38 Å². The molecule has 2 rings (SSSR count). The van der Waals surface area contributed by atoms with Crippen LogP contribution in [0, 0.1) is 5.41 Å². The van der Waals surface area contributed by atoms with Gasteiger partial charge >= 0.3 is 0 Å². The average Bonchev–Trinajstić information content (AvgIpc) is 2.95. The predicted molar refractivity (Wildman–Crippen MR) is 76.2 cm³/mol. The largest absolute Gasteiger partial charge is 0.350 e. The number of rotatable bonds is 4. The zero-order valence-electron chi connectivity index (χ0n) is 10.6. The summed E-state index contributed by atoms with van der Waals surface area (Å²) >= 11 is 1.44. The summed E-state index contributed by atoms with van der Waals surface area (Å²) in [6.45, 7) is 3.39. The first-order valence-corrected chi connectivity index (χ1v) is 6.94. The lowest BCUT2D eigenvalue weighted by Crippen LogP contribution is -2.34. The number of aromatic nitrogens is 1. The molecule has 0 bridgehead atoms. The molecule has 0 aromatic carbocycles. The highest BCUT2D eigenvalue weighted by Gasteiger charge is 2.29. The predicted octanol–water partition coefficient (Wildman–Crippen LogP) is 2.33. The molecule has 0 saturated heterocycles. The van der Waals surface area contributed by atoms with Gasteiger partial charge in [0.1, 0.15) is 10.7 Å². The molecule has 1 heterocycles. The zero-order chi connectivity index (χ0) is 12.3. The summed E-state index contributed by atoms with van der Waals surface area (Å²) < 4.78 is 0. The second-order valence-corrected chi connectivity index (χ2v) is 5.97. The Kier molecular flexibility index (Phi) is 5.56. The number of hydrogen-bond acceptors (Lipinski definition) is 4. The molecule has 1 amide bonds. The smallest absolute Gasteiger partial charge is 0.270 e. The van der Waals surface area contributed by atoms with E-state index in [1.165, 1.54) is 37.0 Å². The molecule has 0 aliphatic heterocycles. The number of thiazole rings is 1. The maximum atomic E-state index is 11.9. The van der Waals surface area contributed by atoms with Gasteiger partial charge in [-0.2, -0.15) is 0 Å². The normalized spacial score (nSPS) is 17.2. The maximum Gasteiger partial charge on any atom is 0.270 e. The van der Waals surface area contributed by atoms with Crippen molar-refractivity contribution in [3.63, 3.8) is 0 Å². The van der Waals surface area contributed by atoms with Crippen LogP contribution in [0.25, 0.3) is 0 Å². The van der Waals surface area contributed by atoms with E-state index >= 15 is 0 Å². The van der Waals surface area contributed by atoms with Gasteiger partial charge in [-0.15, -0.1) is 23.7 Å². The summed E-state index contributed by atoms with van der Waals surface area (Å²) in [6.07, 6.45) is 4.97. The van der Waals surface area contributed by atoms with Gasteiger partial charge in [0.15, 0.2) is 0 Å². The van der Waals surface area contributed by atoms with Gasteiger partial charge in [0.2, 0.25) is 0 Å². The van der Waals surface area contributed by atoms with E-state index < -0.39 is 0 Å². The van der Waals surface area contributed by atoms with Gasteiger partial charge in [-0.25, -0.2) is 4.98 Å². The van der Waals surface area contributed by atoms with E-state index in [1.807, 2.05) is 0 Å². The van der Waals surface area contributed by atoms with Gasteiger partial charge in [-0.1, -0.05) is 19.8 Å². The molecule has 3 N–H and O–H groups in total. The lowest BCUT2D eigenvalue weighted by Gasteiger charge is -2.23. The zero-order valence-corrected chi connectivity index (χ0v) is 12.2. The van der Waals surface area contributed by atoms with Gasteiger partial charge in [-0.3, -0.25) is 4.79 Å². The van der Waals surface area contributed by atoms with Gasteiger partial charge in [-0.05, 0) is 18.3 Å². The summed E-state index contributed by atoms with van der Waals surface area (Å²) in [4.78, 5) is 16.0. The molecule has 1 aliphatic rings. The first-order valence-electron chi connectivity index (χ1n) is 6.06. The van der Waals surface area contributed by atoms with Crippen LogP contribution in [0.15, 0.2) is 5.38 Å². The summed E-state index contributed by atoms with van der Waals surface area (Å²) in [7, 11) is 0. The Hall–Kier alpha value is -0.650. The Morgan fingerprint density at radius 3 is 2.78 bits per heavy atom. The van der Waals surface area contributed by atoms with Crippen LogP contribution in [-0.4, -0.2) is 17.4 Å². The minimum absolute atomic E-state index is 0.